The second kappa shape index (κ2) is 5.68. The van der Waals surface area contributed by atoms with Gasteiger partial charge < -0.3 is 10.8 Å². The van der Waals surface area contributed by atoms with Crippen LogP contribution in [0.25, 0.3) is 0 Å². The number of rotatable bonds is 2. The predicted molar refractivity (Wildman–Crippen MR) is 73.4 cm³/mol. The number of phenolic OH excluding ortho intramolecular Hbond substituents is 1. The molecule has 86 valence electrons. The molecule has 0 aliphatic heterocycles. The Morgan fingerprint density at radius 3 is 2.69 bits per heavy atom. The average Bonchev–Trinajstić information content (AvgIpc) is 2.74. The van der Waals surface area contributed by atoms with Crippen LogP contribution in [0.2, 0.25) is 0 Å². The van der Waals surface area contributed by atoms with Gasteiger partial charge in [0.25, 0.3) is 0 Å². The van der Waals surface area contributed by atoms with Crippen LogP contribution in [0.15, 0.2) is 39.5 Å². The number of thiophene rings is 1. The second-order valence-corrected chi connectivity index (χ2v) is 4.87. The molecule has 0 radical (unpaired) electrons. The molecule has 0 saturated heterocycles. The van der Waals surface area contributed by atoms with Crippen LogP contribution < -0.4 is 5.73 Å². The van der Waals surface area contributed by atoms with Crippen LogP contribution >= 0.6 is 39.7 Å². The monoisotopic (exact) mass is 319 g/mol. The molecule has 5 heteroatoms. The van der Waals surface area contributed by atoms with Gasteiger partial charge in [0.15, 0.2) is 0 Å². The Hall–Kier alpha value is -0.550. The molecule has 2 aromatic rings. The minimum atomic E-state index is -0.197. The molecule has 0 bridgehead atoms. The van der Waals surface area contributed by atoms with E-state index < -0.39 is 0 Å². The van der Waals surface area contributed by atoms with E-state index in [1.807, 2.05) is 16.8 Å². The summed E-state index contributed by atoms with van der Waals surface area (Å²) in [7, 11) is 0. The van der Waals surface area contributed by atoms with Gasteiger partial charge in [-0.15, -0.1) is 12.4 Å². The summed E-state index contributed by atoms with van der Waals surface area (Å²) < 4.78 is 0.916. The highest BCUT2D eigenvalue weighted by molar-refractivity contribution is 9.10. The van der Waals surface area contributed by atoms with E-state index in [-0.39, 0.29) is 24.2 Å². The van der Waals surface area contributed by atoms with Crippen molar-refractivity contribution in [2.45, 2.75) is 6.04 Å². The number of phenols is 1. The quantitative estimate of drug-likeness (QED) is 0.886. The zero-order valence-electron chi connectivity index (χ0n) is 8.26. The third kappa shape index (κ3) is 2.77. The van der Waals surface area contributed by atoms with Gasteiger partial charge in [0.2, 0.25) is 0 Å². The molecular weight excluding hydrogens is 310 g/mol. The van der Waals surface area contributed by atoms with Crippen LogP contribution in [0.5, 0.6) is 5.75 Å². The van der Waals surface area contributed by atoms with Gasteiger partial charge >= 0.3 is 0 Å². The van der Waals surface area contributed by atoms with Gasteiger partial charge in [0, 0.05) is 4.47 Å². The van der Waals surface area contributed by atoms with E-state index in [1.165, 1.54) is 0 Å². The standard InChI is InChI=1S/C11H10BrNOS.ClH/c12-10-2-1-8(14)5-9(10)11(13)7-3-4-15-6-7;/h1-6,11,14H,13H2;1H/t11-;/m0./s1. The Morgan fingerprint density at radius 2 is 2.06 bits per heavy atom. The molecule has 0 amide bonds. The summed E-state index contributed by atoms with van der Waals surface area (Å²) in [6.45, 7) is 0. The molecule has 1 heterocycles. The van der Waals surface area contributed by atoms with Crippen LogP contribution in [0, 0.1) is 0 Å². The smallest absolute Gasteiger partial charge is 0.116 e. The van der Waals surface area contributed by atoms with Crippen molar-refractivity contribution in [3.8, 4) is 5.75 Å². The van der Waals surface area contributed by atoms with E-state index in [9.17, 15) is 5.11 Å². The highest BCUT2D eigenvalue weighted by Crippen LogP contribution is 2.30. The molecule has 0 aliphatic rings. The summed E-state index contributed by atoms with van der Waals surface area (Å²) >= 11 is 5.04. The molecule has 0 spiro atoms. The van der Waals surface area contributed by atoms with E-state index in [1.54, 1.807) is 29.5 Å². The molecule has 0 saturated carbocycles. The number of hydrogen-bond donors (Lipinski definition) is 2. The molecule has 2 rings (SSSR count). The molecule has 0 fully saturated rings. The summed E-state index contributed by atoms with van der Waals surface area (Å²) in [6, 6.07) is 6.92. The Morgan fingerprint density at radius 1 is 1.31 bits per heavy atom. The van der Waals surface area contributed by atoms with Crippen molar-refractivity contribution >= 4 is 39.7 Å². The predicted octanol–water partition coefficient (Wildman–Crippen LogP) is 3.69. The molecule has 0 unspecified atom stereocenters. The summed E-state index contributed by atoms with van der Waals surface area (Å²) in [5, 5.41) is 13.4. The van der Waals surface area contributed by atoms with Crippen molar-refractivity contribution < 1.29 is 5.11 Å². The van der Waals surface area contributed by atoms with Crippen molar-refractivity contribution in [3.05, 3.63) is 50.6 Å². The minimum Gasteiger partial charge on any atom is -0.508 e. The topological polar surface area (TPSA) is 46.2 Å². The molecule has 1 aromatic heterocycles. The maximum absolute atomic E-state index is 9.41. The summed E-state index contributed by atoms with van der Waals surface area (Å²) in [5.41, 5.74) is 8.05. The molecule has 1 atom stereocenters. The van der Waals surface area contributed by atoms with Crippen LogP contribution in [0.1, 0.15) is 17.2 Å². The first-order chi connectivity index (χ1) is 7.18. The fourth-order valence-electron chi connectivity index (χ4n) is 1.40. The van der Waals surface area contributed by atoms with Crippen LogP contribution in [0.3, 0.4) is 0 Å². The largest absolute Gasteiger partial charge is 0.508 e. The van der Waals surface area contributed by atoms with Gasteiger partial charge in [-0.2, -0.15) is 11.3 Å². The molecule has 3 N–H and O–H groups in total. The first kappa shape index (κ1) is 13.5. The SMILES string of the molecule is Cl.N[C@@H](c1ccsc1)c1cc(O)ccc1Br. The lowest BCUT2D eigenvalue weighted by atomic mass is 10.0. The fourth-order valence-corrected chi connectivity index (χ4v) is 2.59. The molecule has 16 heavy (non-hydrogen) atoms. The zero-order chi connectivity index (χ0) is 10.8. The van der Waals surface area contributed by atoms with Crippen molar-refractivity contribution in [3.63, 3.8) is 0 Å². The van der Waals surface area contributed by atoms with Gasteiger partial charge in [0.05, 0.1) is 6.04 Å². The number of hydrogen-bond acceptors (Lipinski definition) is 3. The Bertz CT molecular complexity index is 461. The van der Waals surface area contributed by atoms with E-state index in [2.05, 4.69) is 15.9 Å². The van der Waals surface area contributed by atoms with Crippen LogP contribution in [-0.2, 0) is 0 Å². The van der Waals surface area contributed by atoms with Gasteiger partial charge in [0.1, 0.15) is 5.75 Å². The Balaban J connectivity index is 0.00000128. The lowest BCUT2D eigenvalue weighted by Gasteiger charge is -2.12. The highest BCUT2D eigenvalue weighted by atomic mass is 79.9. The van der Waals surface area contributed by atoms with Crippen LogP contribution in [-0.4, -0.2) is 5.11 Å². The number of halogens is 2. The van der Waals surface area contributed by atoms with E-state index in [0.717, 1.165) is 15.6 Å². The third-order valence-corrected chi connectivity index (χ3v) is 3.64. The lowest BCUT2D eigenvalue weighted by molar-refractivity contribution is 0.474. The number of benzene rings is 1. The summed E-state index contributed by atoms with van der Waals surface area (Å²) in [6.07, 6.45) is 0. The van der Waals surface area contributed by atoms with E-state index in [4.69, 9.17) is 5.73 Å². The first-order valence-electron chi connectivity index (χ1n) is 4.44. The Kier molecular flexibility index (Phi) is 4.80. The van der Waals surface area contributed by atoms with Crippen molar-refractivity contribution in [2.75, 3.05) is 0 Å². The Labute approximate surface area is 113 Å². The molecule has 2 nitrogen and oxygen atoms in total. The molecule has 1 aromatic carbocycles. The number of aromatic hydroxyl groups is 1. The van der Waals surface area contributed by atoms with E-state index in [0.29, 0.717) is 0 Å². The van der Waals surface area contributed by atoms with Crippen LogP contribution in [0.4, 0.5) is 0 Å². The lowest BCUT2D eigenvalue weighted by Crippen LogP contribution is -2.11. The zero-order valence-corrected chi connectivity index (χ0v) is 11.5. The van der Waals surface area contributed by atoms with Gasteiger partial charge in [-0.05, 0) is 46.2 Å². The fraction of sp³-hybridized carbons (Fsp3) is 0.0909. The third-order valence-electron chi connectivity index (χ3n) is 2.22. The highest BCUT2D eigenvalue weighted by Gasteiger charge is 2.13. The maximum atomic E-state index is 9.41. The van der Waals surface area contributed by atoms with Gasteiger partial charge in [-0.1, -0.05) is 15.9 Å². The van der Waals surface area contributed by atoms with Crippen molar-refractivity contribution in [1.29, 1.82) is 0 Å². The van der Waals surface area contributed by atoms with E-state index >= 15 is 0 Å². The van der Waals surface area contributed by atoms with Gasteiger partial charge in [-0.3, -0.25) is 0 Å². The van der Waals surface area contributed by atoms with Gasteiger partial charge in [-0.25, -0.2) is 0 Å². The van der Waals surface area contributed by atoms with Crippen molar-refractivity contribution in [1.82, 2.24) is 0 Å². The normalized spacial score (nSPS) is 11.9. The summed E-state index contributed by atoms with van der Waals surface area (Å²) in [4.78, 5) is 0. The number of nitrogens with two attached hydrogens (primary N) is 1. The average molecular weight is 321 g/mol. The maximum Gasteiger partial charge on any atom is 0.116 e. The second-order valence-electron chi connectivity index (χ2n) is 3.24. The summed E-state index contributed by atoms with van der Waals surface area (Å²) in [5.74, 6) is 0.235. The molecule has 0 aliphatic carbocycles. The molecular formula is C11H11BrClNOS. The van der Waals surface area contributed by atoms with Crippen molar-refractivity contribution in [2.24, 2.45) is 5.73 Å². The minimum absolute atomic E-state index is 0. The first-order valence-corrected chi connectivity index (χ1v) is 6.18.